The second-order valence-corrected chi connectivity index (χ2v) is 6.68. The van der Waals surface area contributed by atoms with E-state index in [0.29, 0.717) is 30.4 Å². The largest absolute Gasteiger partial charge is 0.338 e. The van der Waals surface area contributed by atoms with E-state index in [1.807, 2.05) is 39.0 Å². The number of aromatic nitrogens is 4. The fourth-order valence-electron chi connectivity index (χ4n) is 3.04. The summed E-state index contributed by atoms with van der Waals surface area (Å²) < 4.78 is 7.02. The number of rotatable bonds is 3. The van der Waals surface area contributed by atoms with Gasteiger partial charge in [-0.05, 0) is 19.9 Å². The van der Waals surface area contributed by atoms with Crippen LogP contribution in [0, 0.1) is 6.92 Å². The average Bonchev–Trinajstić information content (AvgIpc) is 3.13. The second-order valence-electron chi connectivity index (χ2n) is 6.68. The third-order valence-electron chi connectivity index (χ3n) is 4.40. The number of hydrogen-bond donors (Lipinski definition) is 0. The van der Waals surface area contributed by atoms with Crippen LogP contribution >= 0.6 is 0 Å². The molecule has 1 aliphatic rings. The van der Waals surface area contributed by atoms with Crippen LogP contribution in [0.4, 0.5) is 0 Å². The fourth-order valence-corrected chi connectivity index (χ4v) is 3.04. The molecular weight excluding hydrogens is 308 g/mol. The first kappa shape index (κ1) is 16.6. The summed E-state index contributed by atoms with van der Waals surface area (Å²) in [5, 5.41) is 8.30. The van der Waals surface area contributed by atoms with Crippen molar-refractivity contribution in [3.8, 4) is 0 Å². The summed E-state index contributed by atoms with van der Waals surface area (Å²) in [5.74, 6) is 1.38. The Morgan fingerprint density at radius 1 is 1.33 bits per heavy atom. The molecule has 1 atom stereocenters. The van der Waals surface area contributed by atoms with Crippen LogP contribution in [0.3, 0.4) is 0 Å². The number of amides is 1. The minimum Gasteiger partial charge on any atom is -0.338 e. The van der Waals surface area contributed by atoms with E-state index in [1.54, 1.807) is 11.6 Å². The number of carbonyl (C=O) groups excluding carboxylic acids is 1. The van der Waals surface area contributed by atoms with Crippen LogP contribution in [0.2, 0.25) is 0 Å². The highest BCUT2D eigenvalue weighted by molar-refractivity contribution is 5.95. The number of piperazine rings is 1. The number of likely N-dealkylation sites (N-methyl/N-ethyl adjacent to an activating group) is 1. The van der Waals surface area contributed by atoms with Gasteiger partial charge in [-0.2, -0.15) is 10.1 Å². The van der Waals surface area contributed by atoms with Crippen LogP contribution in [-0.4, -0.2) is 62.3 Å². The Kier molecular flexibility index (Phi) is 4.40. The van der Waals surface area contributed by atoms with E-state index < -0.39 is 0 Å². The van der Waals surface area contributed by atoms with Gasteiger partial charge < -0.3 is 9.42 Å². The minimum absolute atomic E-state index is 0.0149. The zero-order valence-electron chi connectivity index (χ0n) is 14.9. The monoisotopic (exact) mass is 332 g/mol. The maximum absolute atomic E-state index is 13.0. The summed E-state index contributed by atoms with van der Waals surface area (Å²) in [6.07, 6.45) is 1.81. The molecule has 0 bridgehead atoms. The van der Waals surface area contributed by atoms with Gasteiger partial charge in [-0.1, -0.05) is 19.0 Å². The summed E-state index contributed by atoms with van der Waals surface area (Å²) in [4.78, 5) is 21.3. The molecule has 1 amide bonds. The van der Waals surface area contributed by atoms with E-state index >= 15 is 0 Å². The van der Waals surface area contributed by atoms with Gasteiger partial charge in [0.2, 0.25) is 5.89 Å². The molecule has 0 aromatic carbocycles. The predicted molar refractivity (Wildman–Crippen MR) is 87.6 cm³/mol. The Hall–Kier alpha value is -2.22. The molecule has 2 aromatic heterocycles. The van der Waals surface area contributed by atoms with Gasteiger partial charge in [-0.25, -0.2) is 0 Å². The van der Waals surface area contributed by atoms with Gasteiger partial charge >= 0.3 is 0 Å². The quantitative estimate of drug-likeness (QED) is 0.844. The Bertz CT molecular complexity index is 735. The van der Waals surface area contributed by atoms with Gasteiger partial charge in [0.1, 0.15) is 6.04 Å². The van der Waals surface area contributed by atoms with Gasteiger partial charge in [-0.15, -0.1) is 0 Å². The minimum atomic E-state index is -0.0805. The lowest BCUT2D eigenvalue weighted by Crippen LogP contribution is -2.49. The van der Waals surface area contributed by atoms with Crippen molar-refractivity contribution in [3.63, 3.8) is 0 Å². The Morgan fingerprint density at radius 3 is 2.71 bits per heavy atom. The smallest absolute Gasteiger partial charge is 0.257 e. The topological polar surface area (TPSA) is 80.3 Å². The Balaban J connectivity index is 1.83. The number of hydrogen-bond acceptors (Lipinski definition) is 6. The van der Waals surface area contributed by atoms with E-state index in [-0.39, 0.29) is 17.9 Å². The van der Waals surface area contributed by atoms with Crippen LogP contribution in [0.15, 0.2) is 10.7 Å². The molecule has 1 aliphatic heterocycles. The van der Waals surface area contributed by atoms with Crippen LogP contribution in [0.1, 0.15) is 53.6 Å². The molecule has 3 heterocycles. The van der Waals surface area contributed by atoms with E-state index in [4.69, 9.17) is 4.52 Å². The lowest BCUT2D eigenvalue weighted by molar-refractivity contribution is 0.0487. The molecule has 0 radical (unpaired) electrons. The Labute approximate surface area is 141 Å². The SMILES string of the molecule is Cc1noc(C2CN(C(=O)c3cn(C)nc3C(C)C)CCN2C)n1. The molecule has 0 spiro atoms. The van der Waals surface area contributed by atoms with E-state index in [9.17, 15) is 4.79 Å². The molecule has 8 heteroatoms. The second kappa shape index (κ2) is 6.35. The standard InChI is InChI=1S/C16H24N6O2/c1-10(2)14-12(8-21(5)18-14)16(23)22-7-6-20(4)13(9-22)15-17-11(3)19-24-15/h8,10,13H,6-7,9H2,1-5H3. The summed E-state index contributed by atoms with van der Waals surface area (Å²) in [7, 11) is 3.85. The molecule has 0 saturated carbocycles. The molecule has 0 aliphatic carbocycles. The van der Waals surface area contributed by atoms with Crippen molar-refractivity contribution in [1.29, 1.82) is 0 Å². The molecule has 1 unspecified atom stereocenters. The van der Waals surface area contributed by atoms with Gasteiger partial charge in [0.25, 0.3) is 5.91 Å². The van der Waals surface area contributed by atoms with Crippen molar-refractivity contribution in [2.75, 3.05) is 26.7 Å². The number of carbonyl (C=O) groups is 1. The molecular formula is C16H24N6O2. The molecule has 1 fully saturated rings. The van der Waals surface area contributed by atoms with Gasteiger partial charge in [0, 0.05) is 32.9 Å². The molecule has 2 aromatic rings. The third kappa shape index (κ3) is 3.06. The molecule has 3 rings (SSSR count). The maximum Gasteiger partial charge on any atom is 0.257 e. The van der Waals surface area contributed by atoms with Gasteiger partial charge in [-0.3, -0.25) is 14.4 Å². The van der Waals surface area contributed by atoms with E-state index in [2.05, 4.69) is 20.1 Å². The van der Waals surface area contributed by atoms with Crippen molar-refractivity contribution >= 4 is 5.91 Å². The normalized spacial score (nSPS) is 19.2. The molecule has 24 heavy (non-hydrogen) atoms. The molecule has 130 valence electrons. The number of aryl methyl sites for hydroxylation is 2. The van der Waals surface area contributed by atoms with Crippen LogP contribution in [0.25, 0.3) is 0 Å². The zero-order chi connectivity index (χ0) is 17.4. The van der Waals surface area contributed by atoms with E-state index in [1.165, 1.54) is 0 Å². The van der Waals surface area contributed by atoms with Crippen LogP contribution < -0.4 is 0 Å². The van der Waals surface area contributed by atoms with Crippen molar-refractivity contribution in [2.24, 2.45) is 7.05 Å². The van der Waals surface area contributed by atoms with Crippen LogP contribution in [-0.2, 0) is 7.05 Å². The van der Waals surface area contributed by atoms with Gasteiger partial charge in [0.15, 0.2) is 5.82 Å². The highest BCUT2D eigenvalue weighted by Crippen LogP contribution is 2.25. The summed E-state index contributed by atoms with van der Waals surface area (Å²) in [6, 6.07) is -0.0805. The molecule has 0 N–H and O–H groups in total. The third-order valence-corrected chi connectivity index (χ3v) is 4.40. The highest BCUT2D eigenvalue weighted by atomic mass is 16.5. The predicted octanol–water partition coefficient (Wildman–Crippen LogP) is 1.36. The lowest BCUT2D eigenvalue weighted by Gasteiger charge is -2.37. The molecule has 8 nitrogen and oxygen atoms in total. The summed E-state index contributed by atoms with van der Waals surface area (Å²) >= 11 is 0. The van der Waals surface area contributed by atoms with Gasteiger partial charge in [0.05, 0.1) is 11.3 Å². The fraction of sp³-hybridized carbons (Fsp3) is 0.625. The summed E-state index contributed by atoms with van der Waals surface area (Å²) in [5.41, 5.74) is 1.52. The first-order valence-corrected chi connectivity index (χ1v) is 8.20. The van der Waals surface area contributed by atoms with Crippen LogP contribution in [0.5, 0.6) is 0 Å². The van der Waals surface area contributed by atoms with Crippen molar-refractivity contribution in [3.05, 3.63) is 29.2 Å². The first-order valence-electron chi connectivity index (χ1n) is 8.20. The first-order chi connectivity index (χ1) is 11.4. The Morgan fingerprint density at radius 2 is 2.08 bits per heavy atom. The maximum atomic E-state index is 13.0. The summed E-state index contributed by atoms with van der Waals surface area (Å²) in [6.45, 7) is 7.85. The number of nitrogens with zero attached hydrogens (tertiary/aromatic N) is 6. The van der Waals surface area contributed by atoms with E-state index in [0.717, 1.165) is 12.2 Å². The molecule has 1 saturated heterocycles. The highest BCUT2D eigenvalue weighted by Gasteiger charge is 2.33. The van der Waals surface area contributed by atoms with Crippen molar-refractivity contribution < 1.29 is 9.32 Å². The van der Waals surface area contributed by atoms with Crippen molar-refractivity contribution in [2.45, 2.75) is 32.7 Å². The zero-order valence-corrected chi connectivity index (χ0v) is 14.9. The average molecular weight is 332 g/mol. The van der Waals surface area contributed by atoms with Crippen molar-refractivity contribution in [1.82, 2.24) is 29.7 Å². The lowest BCUT2D eigenvalue weighted by atomic mass is 10.0.